The highest BCUT2D eigenvalue weighted by molar-refractivity contribution is 5.62. The van der Waals surface area contributed by atoms with E-state index in [1.807, 2.05) is 36.4 Å². The zero-order chi connectivity index (χ0) is 20.1. The molecule has 0 atom stereocenters. The van der Waals surface area contributed by atoms with Gasteiger partial charge in [-0.15, -0.1) is 0 Å². The molecular formula is C24H27N5. The van der Waals surface area contributed by atoms with E-state index in [0.29, 0.717) is 0 Å². The highest BCUT2D eigenvalue weighted by Gasteiger charge is 2.11. The fourth-order valence-electron chi connectivity index (χ4n) is 3.53. The summed E-state index contributed by atoms with van der Waals surface area (Å²) in [5.41, 5.74) is 13.9. The minimum atomic E-state index is 0.838. The van der Waals surface area contributed by atoms with Gasteiger partial charge in [0.05, 0.1) is 22.7 Å². The van der Waals surface area contributed by atoms with Crippen molar-refractivity contribution < 1.29 is 0 Å². The van der Waals surface area contributed by atoms with Crippen LogP contribution in [0.3, 0.4) is 0 Å². The van der Waals surface area contributed by atoms with Gasteiger partial charge in [0.1, 0.15) is 0 Å². The summed E-state index contributed by atoms with van der Waals surface area (Å²) in [6.45, 7) is 6.44. The van der Waals surface area contributed by atoms with Crippen LogP contribution < -0.4 is 15.8 Å². The van der Waals surface area contributed by atoms with Gasteiger partial charge in [0, 0.05) is 18.8 Å². The van der Waals surface area contributed by atoms with Crippen LogP contribution in [-0.4, -0.2) is 13.1 Å². The van der Waals surface area contributed by atoms with E-state index >= 15 is 0 Å². The predicted octanol–water partition coefficient (Wildman–Crippen LogP) is 6.76. The molecule has 5 nitrogen and oxygen atoms in total. The van der Waals surface area contributed by atoms with Crippen molar-refractivity contribution in [2.24, 2.45) is 10.2 Å². The van der Waals surface area contributed by atoms with Crippen molar-refractivity contribution in [3.8, 4) is 0 Å². The van der Waals surface area contributed by atoms with E-state index in [2.05, 4.69) is 70.2 Å². The quantitative estimate of drug-likeness (QED) is 0.364. The Hall–Kier alpha value is -3.34. The first-order chi connectivity index (χ1) is 14.2. The van der Waals surface area contributed by atoms with Crippen molar-refractivity contribution in [2.45, 2.75) is 26.7 Å². The summed E-state index contributed by atoms with van der Waals surface area (Å²) in [6, 6.07) is 22.6. The SMILES string of the molecule is Cc1cccc(/N=N/c2ccc(NNc3ccc(N4CCCC4)cc3)c(C)c2)c1. The molecule has 0 aliphatic carbocycles. The molecule has 0 radical (unpaired) electrons. The molecular weight excluding hydrogens is 358 g/mol. The first-order valence-electron chi connectivity index (χ1n) is 10.1. The lowest BCUT2D eigenvalue weighted by molar-refractivity contribution is 0.949. The smallest absolute Gasteiger partial charge is 0.0861 e. The lowest BCUT2D eigenvalue weighted by Crippen LogP contribution is -2.17. The van der Waals surface area contributed by atoms with Gasteiger partial charge in [-0.25, -0.2) is 0 Å². The molecule has 1 aliphatic heterocycles. The van der Waals surface area contributed by atoms with E-state index in [0.717, 1.165) is 41.4 Å². The van der Waals surface area contributed by atoms with Gasteiger partial charge in [0.2, 0.25) is 0 Å². The lowest BCUT2D eigenvalue weighted by atomic mass is 10.2. The second-order valence-electron chi connectivity index (χ2n) is 7.53. The fraction of sp³-hybridized carbons (Fsp3) is 0.250. The molecule has 148 valence electrons. The average molecular weight is 386 g/mol. The highest BCUT2D eigenvalue weighted by Crippen LogP contribution is 2.25. The molecule has 29 heavy (non-hydrogen) atoms. The minimum Gasteiger partial charge on any atom is -0.372 e. The number of anilines is 3. The van der Waals surface area contributed by atoms with E-state index in [9.17, 15) is 0 Å². The van der Waals surface area contributed by atoms with Gasteiger partial charge in [-0.2, -0.15) is 10.2 Å². The Kier molecular flexibility index (Phi) is 5.75. The van der Waals surface area contributed by atoms with E-state index in [1.165, 1.54) is 24.1 Å². The second kappa shape index (κ2) is 8.78. The fourth-order valence-corrected chi connectivity index (χ4v) is 3.53. The Bertz CT molecular complexity index is 988. The van der Waals surface area contributed by atoms with Gasteiger partial charge in [-0.1, -0.05) is 12.1 Å². The molecule has 5 heteroatoms. The standard InChI is InChI=1S/C24H27N5/c1-18-6-5-7-21(16-18)26-27-22-10-13-24(19(2)17-22)28-25-20-8-11-23(12-9-20)29-14-3-4-15-29/h5-13,16-17,25,28H,3-4,14-15H2,1-2H3/b27-26+. The van der Waals surface area contributed by atoms with Crippen LogP contribution in [-0.2, 0) is 0 Å². The molecule has 1 fully saturated rings. The number of benzene rings is 3. The summed E-state index contributed by atoms with van der Waals surface area (Å²) in [7, 11) is 0. The van der Waals surface area contributed by atoms with Crippen LogP contribution in [0, 0.1) is 13.8 Å². The van der Waals surface area contributed by atoms with Crippen LogP contribution in [0.1, 0.15) is 24.0 Å². The Balaban J connectivity index is 1.37. The molecule has 0 aromatic heterocycles. The largest absolute Gasteiger partial charge is 0.372 e. The third-order valence-electron chi connectivity index (χ3n) is 5.17. The van der Waals surface area contributed by atoms with Crippen LogP contribution in [0.4, 0.5) is 28.4 Å². The molecule has 3 aromatic rings. The lowest BCUT2D eigenvalue weighted by Gasteiger charge is -2.18. The number of rotatable bonds is 6. The Morgan fingerprint density at radius 3 is 2.17 bits per heavy atom. The zero-order valence-electron chi connectivity index (χ0n) is 17.0. The number of hydrogen-bond acceptors (Lipinski definition) is 5. The van der Waals surface area contributed by atoms with E-state index < -0.39 is 0 Å². The van der Waals surface area contributed by atoms with E-state index in [4.69, 9.17) is 0 Å². The summed E-state index contributed by atoms with van der Waals surface area (Å²) in [6.07, 6.45) is 2.59. The van der Waals surface area contributed by atoms with Crippen LogP contribution in [0.15, 0.2) is 77.0 Å². The Labute approximate surface area is 172 Å². The molecule has 4 rings (SSSR count). The van der Waals surface area contributed by atoms with Crippen LogP contribution in [0.5, 0.6) is 0 Å². The van der Waals surface area contributed by atoms with Crippen LogP contribution >= 0.6 is 0 Å². The average Bonchev–Trinajstić information content (AvgIpc) is 3.27. The number of nitrogens with one attached hydrogen (secondary N) is 2. The van der Waals surface area contributed by atoms with Crippen LogP contribution in [0.2, 0.25) is 0 Å². The third kappa shape index (κ3) is 4.93. The highest BCUT2D eigenvalue weighted by atomic mass is 15.4. The molecule has 0 bridgehead atoms. The second-order valence-corrected chi connectivity index (χ2v) is 7.53. The van der Waals surface area contributed by atoms with Crippen molar-refractivity contribution in [3.05, 3.63) is 77.9 Å². The Morgan fingerprint density at radius 1 is 0.759 bits per heavy atom. The molecule has 1 heterocycles. The van der Waals surface area contributed by atoms with Crippen LogP contribution in [0.25, 0.3) is 0 Å². The molecule has 0 unspecified atom stereocenters. The van der Waals surface area contributed by atoms with Crippen molar-refractivity contribution >= 4 is 28.4 Å². The Morgan fingerprint density at radius 2 is 1.48 bits per heavy atom. The molecule has 1 saturated heterocycles. The third-order valence-corrected chi connectivity index (χ3v) is 5.17. The van der Waals surface area contributed by atoms with Gasteiger partial charge in [0.15, 0.2) is 0 Å². The molecule has 0 amide bonds. The molecule has 2 N–H and O–H groups in total. The van der Waals surface area contributed by atoms with Crippen molar-refractivity contribution in [2.75, 3.05) is 28.8 Å². The van der Waals surface area contributed by atoms with Gasteiger partial charge >= 0.3 is 0 Å². The number of azo groups is 1. The van der Waals surface area contributed by atoms with Gasteiger partial charge in [-0.05, 0) is 92.4 Å². The monoisotopic (exact) mass is 385 g/mol. The molecule has 0 spiro atoms. The van der Waals surface area contributed by atoms with E-state index in [1.54, 1.807) is 0 Å². The normalized spacial score (nSPS) is 13.8. The first-order valence-corrected chi connectivity index (χ1v) is 10.1. The van der Waals surface area contributed by atoms with Crippen molar-refractivity contribution in [3.63, 3.8) is 0 Å². The topological polar surface area (TPSA) is 52.0 Å². The maximum atomic E-state index is 4.36. The molecule has 3 aromatic carbocycles. The summed E-state index contributed by atoms with van der Waals surface area (Å²) >= 11 is 0. The number of nitrogens with zero attached hydrogens (tertiary/aromatic N) is 3. The number of hydrazine groups is 1. The maximum absolute atomic E-state index is 4.36. The van der Waals surface area contributed by atoms with Crippen molar-refractivity contribution in [1.29, 1.82) is 0 Å². The number of hydrogen-bond donors (Lipinski definition) is 2. The zero-order valence-corrected chi connectivity index (χ0v) is 17.0. The van der Waals surface area contributed by atoms with Gasteiger partial charge < -0.3 is 15.8 Å². The van der Waals surface area contributed by atoms with Gasteiger partial charge in [-0.3, -0.25) is 0 Å². The summed E-state index contributed by atoms with van der Waals surface area (Å²) in [5, 5.41) is 8.68. The molecule has 0 saturated carbocycles. The summed E-state index contributed by atoms with van der Waals surface area (Å²) in [5.74, 6) is 0. The number of aryl methyl sites for hydroxylation is 2. The van der Waals surface area contributed by atoms with Gasteiger partial charge in [0.25, 0.3) is 0 Å². The summed E-state index contributed by atoms with van der Waals surface area (Å²) in [4.78, 5) is 2.44. The first kappa shape index (κ1) is 19.0. The maximum Gasteiger partial charge on any atom is 0.0861 e. The summed E-state index contributed by atoms with van der Waals surface area (Å²) < 4.78 is 0. The van der Waals surface area contributed by atoms with Crippen molar-refractivity contribution in [1.82, 2.24) is 0 Å². The molecule has 1 aliphatic rings. The predicted molar refractivity (Wildman–Crippen MR) is 122 cm³/mol. The van der Waals surface area contributed by atoms with E-state index in [-0.39, 0.29) is 0 Å². The minimum absolute atomic E-state index is 0.838.